The van der Waals surface area contributed by atoms with E-state index in [1.165, 1.54) is 0 Å². The van der Waals surface area contributed by atoms with E-state index in [0.717, 1.165) is 12.8 Å². The predicted octanol–water partition coefficient (Wildman–Crippen LogP) is 1.18. The molecule has 78 valence electrons. The number of hydrogen-bond acceptors (Lipinski definition) is 3. The van der Waals surface area contributed by atoms with Crippen molar-refractivity contribution >= 4 is 5.97 Å². The van der Waals surface area contributed by atoms with Gasteiger partial charge in [0, 0.05) is 0 Å². The number of carbonyl (C=O) groups is 1. The summed E-state index contributed by atoms with van der Waals surface area (Å²) < 4.78 is 27.9. The maximum atomic E-state index is 11.6. The van der Waals surface area contributed by atoms with Crippen LogP contribution in [0.1, 0.15) is 19.8 Å². The summed E-state index contributed by atoms with van der Waals surface area (Å²) in [4.78, 5) is 10.8. The molecule has 0 aliphatic heterocycles. The normalized spacial score (nSPS) is 10.5. The summed E-state index contributed by atoms with van der Waals surface area (Å²) in [6.07, 6.45) is -0.679. The van der Waals surface area contributed by atoms with Crippen LogP contribution in [0, 0.1) is 0 Å². The molecule has 0 radical (unpaired) electrons. The van der Waals surface area contributed by atoms with Gasteiger partial charge in [0.2, 0.25) is 0 Å². The molecule has 0 aromatic carbocycles. The molecule has 1 N–H and O–H groups in total. The number of rotatable bonds is 7. The Bertz CT molecular complexity index is 142. The Morgan fingerprint density at radius 1 is 1.54 bits per heavy atom. The first-order chi connectivity index (χ1) is 6.16. The van der Waals surface area contributed by atoms with Crippen molar-refractivity contribution in [1.82, 2.24) is 5.32 Å². The summed E-state index contributed by atoms with van der Waals surface area (Å²) in [5.41, 5.74) is 0. The number of halogens is 2. The third kappa shape index (κ3) is 9.20. The van der Waals surface area contributed by atoms with Gasteiger partial charge in [-0.2, -0.15) is 0 Å². The van der Waals surface area contributed by atoms with Gasteiger partial charge in [-0.05, 0) is 6.42 Å². The van der Waals surface area contributed by atoms with Gasteiger partial charge in [-0.15, -0.1) is 0 Å². The van der Waals surface area contributed by atoms with Crippen LogP contribution in [0.3, 0.4) is 0 Å². The van der Waals surface area contributed by atoms with Crippen LogP contribution in [0.15, 0.2) is 0 Å². The highest BCUT2D eigenvalue weighted by Gasteiger charge is 2.04. The van der Waals surface area contributed by atoms with E-state index in [0.29, 0.717) is 6.61 Å². The molecule has 0 unspecified atom stereocenters. The van der Waals surface area contributed by atoms with Crippen molar-refractivity contribution in [3.63, 3.8) is 0 Å². The molecule has 0 atom stereocenters. The Hall–Kier alpha value is -0.710. The molecule has 0 rings (SSSR count). The van der Waals surface area contributed by atoms with Gasteiger partial charge in [-0.1, -0.05) is 13.3 Å². The molecule has 0 spiro atoms. The summed E-state index contributed by atoms with van der Waals surface area (Å²) in [5.74, 6) is -0.478. The van der Waals surface area contributed by atoms with Crippen molar-refractivity contribution in [2.24, 2.45) is 0 Å². The average molecular weight is 195 g/mol. The van der Waals surface area contributed by atoms with Gasteiger partial charge in [0.1, 0.15) is 0 Å². The Balaban J connectivity index is 3.20. The third-order valence-corrected chi connectivity index (χ3v) is 1.33. The fraction of sp³-hybridized carbons (Fsp3) is 0.875. The molecule has 0 heterocycles. The Labute approximate surface area is 76.4 Å². The Morgan fingerprint density at radius 3 is 2.77 bits per heavy atom. The number of hydrogen-bond donors (Lipinski definition) is 1. The minimum atomic E-state index is -2.43. The molecular formula is C8H15F2NO2. The van der Waals surface area contributed by atoms with Crippen LogP contribution in [0.4, 0.5) is 8.78 Å². The summed E-state index contributed by atoms with van der Waals surface area (Å²) in [7, 11) is 0. The van der Waals surface area contributed by atoms with E-state index in [2.05, 4.69) is 5.32 Å². The first kappa shape index (κ1) is 12.3. The summed E-state index contributed by atoms with van der Waals surface area (Å²) in [5, 5.41) is 2.29. The molecule has 0 bridgehead atoms. The number of nitrogens with one attached hydrogen (secondary N) is 1. The number of unbranched alkanes of at least 4 members (excludes halogenated alkanes) is 1. The first-order valence-corrected chi connectivity index (χ1v) is 4.31. The van der Waals surface area contributed by atoms with E-state index in [1.807, 2.05) is 6.92 Å². The fourth-order valence-corrected chi connectivity index (χ4v) is 0.665. The fourth-order valence-electron chi connectivity index (χ4n) is 0.665. The second kappa shape index (κ2) is 7.91. The van der Waals surface area contributed by atoms with Gasteiger partial charge in [0.05, 0.1) is 19.7 Å². The number of esters is 1. The monoisotopic (exact) mass is 195 g/mol. The molecule has 13 heavy (non-hydrogen) atoms. The van der Waals surface area contributed by atoms with Crippen LogP contribution in [-0.2, 0) is 9.53 Å². The highest BCUT2D eigenvalue weighted by molar-refractivity contribution is 5.71. The van der Waals surface area contributed by atoms with Gasteiger partial charge in [-0.25, -0.2) is 8.78 Å². The van der Waals surface area contributed by atoms with E-state index in [1.54, 1.807) is 0 Å². The molecule has 5 heteroatoms. The Morgan fingerprint density at radius 2 is 2.23 bits per heavy atom. The minimum absolute atomic E-state index is 0.145. The molecule has 0 aromatic heterocycles. The number of alkyl halides is 2. The van der Waals surface area contributed by atoms with Crippen LogP contribution in [0.5, 0.6) is 0 Å². The molecule has 0 fully saturated rings. The van der Waals surface area contributed by atoms with E-state index in [9.17, 15) is 13.6 Å². The maximum Gasteiger partial charge on any atom is 0.319 e. The minimum Gasteiger partial charge on any atom is -0.465 e. The van der Waals surface area contributed by atoms with Crippen LogP contribution in [0.25, 0.3) is 0 Å². The molecule has 0 saturated carbocycles. The lowest BCUT2D eigenvalue weighted by molar-refractivity contribution is -0.142. The molecule has 0 aromatic rings. The van der Waals surface area contributed by atoms with E-state index >= 15 is 0 Å². The largest absolute Gasteiger partial charge is 0.465 e. The maximum absolute atomic E-state index is 11.6. The first-order valence-electron chi connectivity index (χ1n) is 4.31. The van der Waals surface area contributed by atoms with Gasteiger partial charge in [0.15, 0.2) is 0 Å². The van der Waals surface area contributed by atoms with Crippen molar-refractivity contribution in [2.75, 3.05) is 19.7 Å². The van der Waals surface area contributed by atoms with Crippen molar-refractivity contribution in [3.05, 3.63) is 0 Å². The zero-order valence-electron chi connectivity index (χ0n) is 7.69. The molecule has 0 amide bonds. The van der Waals surface area contributed by atoms with Gasteiger partial charge in [0.25, 0.3) is 6.43 Å². The predicted molar refractivity (Wildman–Crippen MR) is 44.7 cm³/mol. The highest BCUT2D eigenvalue weighted by atomic mass is 19.3. The topological polar surface area (TPSA) is 38.3 Å². The van der Waals surface area contributed by atoms with Crippen molar-refractivity contribution in [3.8, 4) is 0 Å². The zero-order chi connectivity index (χ0) is 10.1. The lowest BCUT2D eigenvalue weighted by atomic mass is 10.4. The van der Waals surface area contributed by atoms with Crippen LogP contribution in [0.2, 0.25) is 0 Å². The van der Waals surface area contributed by atoms with Crippen LogP contribution < -0.4 is 5.32 Å². The molecule has 0 aliphatic rings. The third-order valence-electron chi connectivity index (χ3n) is 1.33. The molecular weight excluding hydrogens is 180 g/mol. The summed E-state index contributed by atoms with van der Waals surface area (Å²) >= 11 is 0. The van der Waals surface area contributed by atoms with E-state index in [-0.39, 0.29) is 6.54 Å². The second-order valence-corrected chi connectivity index (χ2v) is 2.60. The summed E-state index contributed by atoms with van der Waals surface area (Å²) in [6, 6.07) is 0. The van der Waals surface area contributed by atoms with Crippen LogP contribution >= 0.6 is 0 Å². The zero-order valence-corrected chi connectivity index (χ0v) is 7.69. The van der Waals surface area contributed by atoms with Crippen molar-refractivity contribution in [2.45, 2.75) is 26.2 Å². The van der Waals surface area contributed by atoms with Gasteiger partial charge < -0.3 is 10.1 Å². The van der Waals surface area contributed by atoms with E-state index < -0.39 is 18.9 Å². The molecule has 0 saturated heterocycles. The van der Waals surface area contributed by atoms with Gasteiger partial charge >= 0.3 is 5.97 Å². The Kier molecular flexibility index (Phi) is 7.48. The molecule has 3 nitrogen and oxygen atoms in total. The molecule has 0 aliphatic carbocycles. The SMILES string of the molecule is CCCCOC(=O)CNCC(F)F. The smallest absolute Gasteiger partial charge is 0.319 e. The van der Waals surface area contributed by atoms with Crippen molar-refractivity contribution in [1.29, 1.82) is 0 Å². The number of carbonyl (C=O) groups excluding carboxylic acids is 1. The quantitative estimate of drug-likeness (QED) is 0.489. The van der Waals surface area contributed by atoms with Gasteiger partial charge in [-0.3, -0.25) is 4.79 Å². The second-order valence-electron chi connectivity index (χ2n) is 2.60. The number of ether oxygens (including phenoxy) is 1. The van der Waals surface area contributed by atoms with Crippen molar-refractivity contribution < 1.29 is 18.3 Å². The lowest BCUT2D eigenvalue weighted by Crippen LogP contribution is -2.29. The summed E-state index contributed by atoms with van der Waals surface area (Å²) in [6.45, 7) is 1.73. The van der Waals surface area contributed by atoms with Crippen LogP contribution in [-0.4, -0.2) is 32.1 Å². The average Bonchev–Trinajstić information content (AvgIpc) is 2.04. The van der Waals surface area contributed by atoms with E-state index in [4.69, 9.17) is 4.74 Å². The lowest BCUT2D eigenvalue weighted by Gasteiger charge is -2.04. The highest BCUT2D eigenvalue weighted by Crippen LogP contribution is 1.89. The standard InChI is InChI=1S/C8H15F2NO2/c1-2-3-4-13-8(12)6-11-5-7(9)10/h7,11H,2-6H2,1H3.